The first-order valence-electron chi connectivity index (χ1n) is 4.71. The summed E-state index contributed by atoms with van der Waals surface area (Å²) in [5.41, 5.74) is 0.504. The van der Waals surface area contributed by atoms with E-state index in [-0.39, 0.29) is 11.5 Å². The van der Waals surface area contributed by atoms with Crippen LogP contribution in [0, 0.1) is 0 Å². The first-order valence-corrected chi connectivity index (χ1v) is 5.51. The fourth-order valence-corrected chi connectivity index (χ4v) is 1.84. The molecule has 5 heteroatoms. The van der Waals surface area contributed by atoms with Crippen molar-refractivity contribution >= 4 is 32.9 Å². The van der Waals surface area contributed by atoms with E-state index in [1.807, 2.05) is 0 Å². The molecule has 0 bridgehead atoms. The lowest BCUT2D eigenvalue weighted by Gasteiger charge is -2.00. The first kappa shape index (κ1) is 11.0. The molecule has 0 spiro atoms. The van der Waals surface area contributed by atoms with Crippen LogP contribution in [0.1, 0.15) is 17.5 Å². The number of carboxylic acids is 1. The number of carbonyl (C=O) groups is 1. The van der Waals surface area contributed by atoms with Crippen LogP contribution in [0.3, 0.4) is 0 Å². The van der Waals surface area contributed by atoms with Crippen LogP contribution < -0.4 is 4.74 Å². The molecule has 0 aliphatic heterocycles. The summed E-state index contributed by atoms with van der Waals surface area (Å²) in [5, 5.41) is 9.64. The first-order chi connectivity index (χ1) is 7.63. The van der Waals surface area contributed by atoms with Gasteiger partial charge in [-0.05, 0) is 25.1 Å². The minimum atomic E-state index is -1.13. The summed E-state index contributed by atoms with van der Waals surface area (Å²) in [5.74, 6) is -1.00. The second-order valence-corrected chi connectivity index (χ2v) is 4.05. The van der Waals surface area contributed by atoms with E-state index < -0.39 is 5.97 Å². The Morgan fingerprint density at radius 1 is 1.56 bits per heavy atom. The molecule has 16 heavy (non-hydrogen) atoms. The molecule has 0 aliphatic rings. The van der Waals surface area contributed by atoms with Crippen molar-refractivity contribution in [2.45, 2.75) is 6.92 Å². The third-order valence-corrected chi connectivity index (χ3v) is 2.58. The van der Waals surface area contributed by atoms with Gasteiger partial charge in [0.1, 0.15) is 5.58 Å². The summed E-state index contributed by atoms with van der Waals surface area (Å²) in [6.07, 6.45) is 0. The molecule has 1 N–H and O–H groups in total. The Morgan fingerprint density at radius 3 is 2.94 bits per heavy atom. The van der Waals surface area contributed by atoms with Crippen LogP contribution in [0.2, 0.25) is 0 Å². The molecule has 2 rings (SSSR count). The number of ether oxygens (including phenoxy) is 1. The monoisotopic (exact) mass is 284 g/mol. The van der Waals surface area contributed by atoms with Crippen molar-refractivity contribution in [1.82, 2.24) is 0 Å². The molecule has 0 atom stereocenters. The van der Waals surface area contributed by atoms with Crippen molar-refractivity contribution in [3.63, 3.8) is 0 Å². The summed E-state index contributed by atoms with van der Waals surface area (Å²) in [4.78, 5) is 11.0. The second-order valence-electron chi connectivity index (χ2n) is 3.14. The molecule has 0 unspecified atom stereocenters. The Hall–Kier alpha value is -1.49. The van der Waals surface area contributed by atoms with E-state index in [1.165, 1.54) is 0 Å². The van der Waals surface area contributed by atoms with E-state index in [1.54, 1.807) is 25.1 Å². The fraction of sp³-hybridized carbons (Fsp3) is 0.182. The number of furan rings is 1. The minimum Gasteiger partial charge on any atom is -0.489 e. The summed E-state index contributed by atoms with van der Waals surface area (Å²) >= 11 is 3.32. The average molecular weight is 285 g/mol. The predicted molar refractivity (Wildman–Crippen MR) is 62.0 cm³/mol. The van der Waals surface area contributed by atoms with Gasteiger partial charge in [0.15, 0.2) is 5.75 Å². The molecular weight excluding hydrogens is 276 g/mol. The van der Waals surface area contributed by atoms with E-state index in [9.17, 15) is 4.79 Å². The van der Waals surface area contributed by atoms with Gasteiger partial charge in [-0.15, -0.1) is 0 Å². The van der Waals surface area contributed by atoms with Crippen LogP contribution in [0.25, 0.3) is 11.0 Å². The van der Waals surface area contributed by atoms with E-state index >= 15 is 0 Å². The average Bonchev–Trinajstić information content (AvgIpc) is 2.58. The highest BCUT2D eigenvalue weighted by atomic mass is 79.9. The Labute approximate surface area is 99.9 Å². The Balaban J connectivity index is 2.71. The number of hydrogen-bond donors (Lipinski definition) is 1. The van der Waals surface area contributed by atoms with Crippen molar-refractivity contribution in [3.8, 4) is 5.75 Å². The number of benzene rings is 1. The smallest absolute Gasteiger partial charge is 0.375 e. The van der Waals surface area contributed by atoms with Gasteiger partial charge in [0.2, 0.25) is 0 Å². The number of halogens is 1. The molecule has 1 heterocycles. The van der Waals surface area contributed by atoms with E-state index in [4.69, 9.17) is 14.3 Å². The van der Waals surface area contributed by atoms with Gasteiger partial charge in [-0.25, -0.2) is 4.79 Å². The number of fused-ring (bicyclic) bond motifs is 1. The maximum atomic E-state index is 11.0. The minimum absolute atomic E-state index is 0.157. The molecule has 1 aromatic carbocycles. The molecule has 0 aliphatic carbocycles. The number of aromatic carboxylic acids is 1. The van der Waals surface area contributed by atoms with Crippen molar-refractivity contribution < 1.29 is 19.1 Å². The maximum Gasteiger partial charge on any atom is 0.375 e. The Kier molecular flexibility index (Phi) is 2.87. The molecule has 0 radical (unpaired) electrons. The zero-order valence-corrected chi connectivity index (χ0v) is 10.1. The lowest BCUT2D eigenvalue weighted by atomic mass is 10.2. The van der Waals surface area contributed by atoms with Crippen LogP contribution in [0.15, 0.2) is 27.1 Å². The lowest BCUT2D eigenvalue weighted by Crippen LogP contribution is -1.99. The van der Waals surface area contributed by atoms with Crippen molar-refractivity contribution in [2.24, 2.45) is 0 Å². The molecule has 0 amide bonds. The van der Waals surface area contributed by atoms with Crippen molar-refractivity contribution in [1.29, 1.82) is 0 Å². The van der Waals surface area contributed by atoms with Gasteiger partial charge in [-0.1, -0.05) is 15.9 Å². The molecular formula is C11H9BrO4. The molecule has 2 aromatic rings. The molecule has 84 valence electrons. The van der Waals surface area contributed by atoms with Crippen LogP contribution in [0.5, 0.6) is 5.75 Å². The topological polar surface area (TPSA) is 59.7 Å². The van der Waals surface area contributed by atoms with Gasteiger partial charge in [-0.3, -0.25) is 0 Å². The second kappa shape index (κ2) is 4.17. The summed E-state index contributed by atoms with van der Waals surface area (Å²) < 4.78 is 11.4. The van der Waals surface area contributed by atoms with Gasteiger partial charge >= 0.3 is 5.97 Å². The SMILES string of the molecule is CCOc1c(C(=O)O)oc2ccc(Br)cc12. The zero-order chi connectivity index (χ0) is 11.7. The van der Waals surface area contributed by atoms with Gasteiger partial charge < -0.3 is 14.3 Å². The van der Waals surface area contributed by atoms with Gasteiger partial charge in [-0.2, -0.15) is 0 Å². The standard InChI is InChI=1S/C11H9BrO4/c1-2-15-9-7-5-6(12)3-4-8(7)16-10(9)11(13)14/h3-5H,2H2,1H3,(H,13,14). The molecule has 0 fully saturated rings. The van der Waals surface area contributed by atoms with Crippen LogP contribution in [-0.4, -0.2) is 17.7 Å². The van der Waals surface area contributed by atoms with Gasteiger partial charge in [0.25, 0.3) is 5.76 Å². The fourth-order valence-electron chi connectivity index (χ4n) is 1.48. The van der Waals surface area contributed by atoms with Gasteiger partial charge in [0.05, 0.1) is 12.0 Å². The summed E-state index contributed by atoms with van der Waals surface area (Å²) in [6.45, 7) is 2.18. The Bertz CT molecular complexity index is 544. The zero-order valence-electron chi connectivity index (χ0n) is 8.49. The lowest BCUT2D eigenvalue weighted by molar-refractivity contribution is 0.0659. The highest BCUT2D eigenvalue weighted by Crippen LogP contribution is 2.34. The molecule has 1 aromatic heterocycles. The predicted octanol–water partition coefficient (Wildman–Crippen LogP) is 3.29. The summed E-state index contributed by atoms with van der Waals surface area (Å²) in [7, 11) is 0. The molecule has 0 saturated heterocycles. The third kappa shape index (κ3) is 1.78. The summed E-state index contributed by atoms with van der Waals surface area (Å²) in [6, 6.07) is 5.26. The van der Waals surface area contributed by atoms with Crippen molar-refractivity contribution in [3.05, 3.63) is 28.4 Å². The van der Waals surface area contributed by atoms with Crippen LogP contribution >= 0.6 is 15.9 Å². The molecule has 4 nitrogen and oxygen atoms in total. The van der Waals surface area contributed by atoms with Crippen molar-refractivity contribution in [2.75, 3.05) is 6.61 Å². The third-order valence-electron chi connectivity index (χ3n) is 2.09. The van der Waals surface area contributed by atoms with E-state index in [0.717, 1.165) is 4.47 Å². The highest BCUT2D eigenvalue weighted by molar-refractivity contribution is 9.10. The number of hydrogen-bond acceptors (Lipinski definition) is 3. The van der Waals surface area contributed by atoms with E-state index in [2.05, 4.69) is 15.9 Å². The number of carboxylic acid groups (broad SMARTS) is 1. The largest absolute Gasteiger partial charge is 0.489 e. The normalized spacial score (nSPS) is 10.6. The quantitative estimate of drug-likeness (QED) is 0.940. The van der Waals surface area contributed by atoms with Crippen LogP contribution in [-0.2, 0) is 0 Å². The molecule has 0 saturated carbocycles. The van der Waals surface area contributed by atoms with Crippen LogP contribution in [0.4, 0.5) is 0 Å². The number of rotatable bonds is 3. The van der Waals surface area contributed by atoms with Gasteiger partial charge in [0, 0.05) is 4.47 Å². The maximum absolute atomic E-state index is 11.0. The highest BCUT2D eigenvalue weighted by Gasteiger charge is 2.21. The Morgan fingerprint density at radius 2 is 2.31 bits per heavy atom. The van der Waals surface area contributed by atoms with E-state index in [0.29, 0.717) is 17.6 Å².